The van der Waals surface area contributed by atoms with Gasteiger partial charge in [0, 0.05) is 25.7 Å². The fourth-order valence-corrected chi connectivity index (χ4v) is 1.75. The summed E-state index contributed by atoms with van der Waals surface area (Å²) >= 11 is 0. The predicted molar refractivity (Wildman–Crippen MR) is 50.1 cm³/mol. The van der Waals surface area contributed by atoms with Gasteiger partial charge in [-0.1, -0.05) is 13.8 Å². The fraction of sp³-hybridized carbons (Fsp3) is 1.00. The molecule has 2 N–H and O–H groups in total. The topological polar surface area (TPSA) is 38.5 Å². The lowest BCUT2D eigenvalue weighted by molar-refractivity contribution is 0.00858. The summed E-state index contributed by atoms with van der Waals surface area (Å²) < 4.78 is 5.29. The minimum Gasteiger partial charge on any atom is -0.379 e. The number of nitrogens with two attached hydrogens (primary N) is 1. The molecule has 1 fully saturated rings. The summed E-state index contributed by atoms with van der Waals surface area (Å²) in [6.45, 7) is 9.03. The monoisotopic (exact) mass is 172 g/mol. The zero-order chi connectivity index (χ0) is 8.97. The van der Waals surface area contributed by atoms with Crippen LogP contribution in [0.5, 0.6) is 0 Å². The van der Waals surface area contributed by atoms with Gasteiger partial charge in [0.2, 0.25) is 0 Å². The van der Waals surface area contributed by atoms with Gasteiger partial charge in [-0.05, 0) is 5.92 Å². The molecule has 0 aromatic carbocycles. The fourth-order valence-electron chi connectivity index (χ4n) is 1.75. The van der Waals surface area contributed by atoms with Crippen LogP contribution in [0, 0.1) is 5.92 Å². The summed E-state index contributed by atoms with van der Waals surface area (Å²) in [5.74, 6) is 0.646. The number of ether oxygens (including phenoxy) is 1. The summed E-state index contributed by atoms with van der Waals surface area (Å²) in [6, 6.07) is 0.536. The Bertz CT molecular complexity index is 122. The van der Waals surface area contributed by atoms with E-state index in [1.807, 2.05) is 0 Å². The van der Waals surface area contributed by atoms with E-state index in [-0.39, 0.29) is 0 Å². The first kappa shape index (κ1) is 9.96. The quantitative estimate of drug-likeness (QED) is 0.665. The van der Waals surface area contributed by atoms with E-state index in [4.69, 9.17) is 10.5 Å². The molecule has 0 amide bonds. The molecule has 0 aromatic heterocycles. The maximum atomic E-state index is 5.72. The average Bonchev–Trinajstić information content (AvgIpc) is 2.07. The SMILES string of the molecule is CC(C)[C@H](CN)N1CCOCC1. The molecule has 1 heterocycles. The maximum absolute atomic E-state index is 5.72. The van der Waals surface area contributed by atoms with Crippen LogP contribution in [0.3, 0.4) is 0 Å². The van der Waals surface area contributed by atoms with E-state index in [0.717, 1.165) is 32.8 Å². The van der Waals surface area contributed by atoms with Crippen molar-refractivity contribution >= 4 is 0 Å². The van der Waals surface area contributed by atoms with Crippen LogP contribution in [0.15, 0.2) is 0 Å². The van der Waals surface area contributed by atoms with E-state index in [0.29, 0.717) is 12.0 Å². The Morgan fingerprint density at radius 1 is 1.33 bits per heavy atom. The van der Waals surface area contributed by atoms with E-state index in [9.17, 15) is 0 Å². The van der Waals surface area contributed by atoms with Crippen molar-refractivity contribution in [3.8, 4) is 0 Å². The lowest BCUT2D eigenvalue weighted by atomic mass is 10.0. The molecule has 3 heteroatoms. The number of hydrogen-bond acceptors (Lipinski definition) is 3. The first-order valence-corrected chi connectivity index (χ1v) is 4.77. The standard InChI is InChI=1S/C9H20N2O/c1-8(2)9(7-10)11-3-5-12-6-4-11/h8-9H,3-7,10H2,1-2H3/t9-/m0/s1. The zero-order valence-corrected chi connectivity index (χ0v) is 8.12. The number of hydrogen-bond donors (Lipinski definition) is 1. The van der Waals surface area contributed by atoms with E-state index in [1.165, 1.54) is 0 Å². The van der Waals surface area contributed by atoms with Gasteiger partial charge in [-0.3, -0.25) is 4.90 Å². The maximum Gasteiger partial charge on any atom is 0.0594 e. The molecule has 72 valence electrons. The van der Waals surface area contributed by atoms with Gasteiger partial charge in [0.15, 0.2) is 0 Å². The Kier molecular flexibility index (Phi) is 3.98. The molecule has 1 saturated heterocycles. The third-order valence-corrected chi connectivity index (χ3v) is 2.53. The molecule has 1 atom stereocenters. The van der Waals surface area contributed by atoms with Crippen LogP contribution >= 0.6 is 0 Å². The molecule has 12 heavy (non-hydrogen) atoms. The van der Waals surface area contributed by atoms with Gasteiger partial charge in [-0.2, -0.15) is 0 Å². The van der Waals surface area contributed by atoms with E-state index >= 15 is 0 Å². The van der Waals surface area contributed by atoms with Crippen LogP contribution in [0.1, 0.15) is 13.8 Å². The highest BCUT2D eigenvalue weighted by Crippen LogP contribution is 2.11. The van der Waals surface area contributed by atoms with Crippen molar-refractivity contribution < 1.29 is 4.74 Å². The van der Waals surface area contributed by atoms with Crippen molar-refractivity contribution in [2.45, 2.75) is 19.9 Å². The van der Waals surface area contributed by atoms with Gasteiger partial charge in [-0.15, -0.1) is 0 Å². The highest BCUT2D eigenvalue weighted by molar-refractivity contribution is 4.77. The van der Waals surface area contributed by atoms with Crippen molar-refractivity contribution in [3.63, 3.8) is 0 Å². The van der Waals surface area contributed by atoms with Gasteiger partial charge in [-0.25, -0.2) is 0 Å². The molecule has 3 nitrogen and oxygen atoms in total. The van der Waals surface area contributed by atoms with E-state index in [1.54, 1.807) is 0 Å². The Labute approximate surface area is 74.9 Å². The molecule has 1 aliphatic heterocycles. The summed E-state index contributed by atoms with van der Waals surface area (Å²) in [5, 5.41) is 0. The highest BCUT2D eigenvalue weighted by atomic mass is 16.5. The van der Waals surface area contributed by atoms with Crippen LogP contribution in [0.2, 0.25) is 0 Å². The average molecular weight is 172 g/mol. The molecule has 0 aliphatic carbocycles. The first-order valence-electron chi connectivity index (χ1n) is 4.77. The van der Waals surface area contributed by atoms with Crippen molar-refractivity contribution in [1.82, 2.24) is 4.90 Å². The van der Waals surface area contributed by atoms with Crippen LogP contribution in [0.25, 0.3) is 0 Å². The van der Waals surface area contributed by atoms with E-state index in [2.05, 4.69) is 18.7 Å². The summed E-state index contributed by atoms with van der Waals surface area (Å²) in [4.78, 5) is 2.44. The molecular weight excluding hydrogens is 152 g/mol. The minimum atomic E-state index is 0.536. The van der Waals surface area contributed by atoms with Crippen molar-refractivity contribution in [3.05, 3.63) is 0 Å². The van der Waals surface area contributed by atoms with Crippen molar-refractivity contribution in [1.29, 1.82) is 0 Å². The molecule has 0 spiro atoms. The van der Waals surface area contributed by atoms with Crippen LogP contribution < -0.4 is 5.73 Å². The molecule has 0 bridgehead atoms. The van der Waals surface area contributed by atoms with Crippen molar-refractivity contribution in [2.75, 3.05) is 32.8 Å². The number of morpholine rings is 1. The van der Waals surface area contributed by atoms with Gasteiger partial charge >= 0.3 is 0 Å². The van der Waals surface area contributed by atoms with E-state index < -0.39 is 0 Å². The Morgan fingerprint density at radius 2 is 1.92 bits per heavy atom. The third-order valence-electron chi connectivity index (χ3n) is 2.53. The summed E-state index contributed by atoms with van der Waals surface area (Å²) in [6.07, 6.45) is 0. The Morgan fingerprint density at radius 3 is 2.33 bits per heavy atom. The Hall–Kier alpha value is -0.120. The number of rotatable bonds is 3. The smallest absolute Gasteiger partial charge is 0.0594 e. The second kappa shape index (κ2) is 4.80. The van der Waals surface area contributed by atoms with Crippen molar-refractivity contribution in [2.24, 2.45) is 11.7 Å². The second-order valence-corrected chi connectivity index (χ2v) is 3.70. The van der Waals surface area contributed by atoms with Gasteiger partial charge in [0.1, 0.15) is 0 Å². The highest BCUT2D eigenvalue weighted by Gasteiger charge is 2.21. The predicted octanol–water partition coefficient (Wildman–Crippen LogP) is 0.302. The van der Waals surface area contributed by atoms with Crippen LogP contribution in [0.4, 0.5) is 0 Å². The van der Waals surface area contributed by atoms with Gasteiger partial charge in [0.05, 0.1) is 13.2 Å². The molecule has 1 rings (SSSR count). The summed E-state index contributed by atoms with van der Waals surface area (Å²) in [5.41, 5.74) is 5.72. The lowest BCUT2D eigenvalue weighted by Gasteiger charge is -2.36. The normalized spacial score (nSPS) is 23.0. The summed E-state index contributed by atoms with van der Waals surface area (Å²) in [7, 11) is 0. The lowest BCUT2D eigenvalue weighted by Crippen LogP contribution is -2.49. The molecule has 0 saturated carbocycles. The molecule has 0 unspecified atom stereocenters. The second-order valence-electron chi connectivity index (χ2n) is 3.70. The zero-order valence-electron chi connectivity index (χ0n) is 8.12. The molecule has 0 radical (unpaired) electrons. The largest absolute Gasteiger partial charge is 0.379 e. The first-order chi connectivity index (χ1) is 5.75. The van der Waals surface area contributed by atoms with Gasteiger partial charge < -0.3 is 10.5 Å². The van der Waals surface area contributed by atoms with Crippen LogP contribution in [-0.2, 0) is 4.74 Å². The molecular formula is C9H20N2O. The third kappa shape index (κ3) is 2.44. The molecule has 1 aliphatic rings. The molecule has 0 aromatic rings. The minimum absolute atomic E-state index is 0.536. The number of nitrogens with zero attached hydrogens (tertiary/aromatic N) is 1. The Balaban J connectivity index is 2.40. The van der Waals surface area contributed by atoms with Gasteiger partial charge in [0.25, 0.3) is 0 Å². The van der Waals surface area contributed by atoms with Crippen LogP contribution in [-0.4, -0.2) is 43.8 Å².